The number of hydrogen-bond acceptors (Lipinski definition) is 2. The van der Waals surface area contributed by atoms with Gasteiger partial charge in [0.1, 0.15) is 0 Å². The zero-order chi connectivity index (χ0) is 7.72. The third-order valence-corrected chi connectivity index (χ3v) is 2.27. The van der Waals surface area contributed by atoms with Crippen molar-refractivity contribution in [2.24, 2.45) is 11.7 Å². The lowest BCUT2D eigenvalue weighted by Crippen LogP contribution is -2.38. The van der Waals surface area contributed by atoms with Gasteiger partial charge in [-0.25, -0.2) is 0 Å². The molecule has 1 rings (SSSR count). The van der Waals surface area contributed by atoms with E-state index in [1.54, 1.807) is 0 Å². The van der Waals surface area contributed by atoms with Crippen molar-refractivity contribution in [1.29, 1.82) is 0 Å². The molecule has 3 atom stereocenters. The van der Waals surface area contributed by atoms with Gasteiger partial charge in [-0.1, -0.05) is 6.92 Å². The van der Waals surface area contributed by atoms with Gasteiger partial charge in [0, 0.05) is 6.04 Å². The largest absolute Gasteiger partial charge is 0.368 e. The van der Waals surface area contributed by atoms with Crippen molar-refractivity contribution in [3.8, 4) is 0 Å². The van der Waals surface area contributed by atoms with E-state index in [1.165, 1.54) is 0 Å². The Kier molecular flexibility index (Phi) is 1.94. The quantitative estimate of drug-likeness (QED) is 0.535. The molecule has 3 nitrogen and oxygen atoms in total. The summed E-state index contributed by atoms with van der Waals surface area (Å²) in [5.74, 6) is 0.341. The van der Waals surface area contributed by atoms with Crippen molar-refractivity contribution in [2.45, 2.75) is 32.4 Å². The minimum atomic E-state index is -0.226. The molecule has 3 N–H and O–H groups in total. The molecule has 1 aliphatic rings. The summed E-state index contributed by atoms with van der Waals surface area (Å²) in [6, 6.07) is 0.336. The molecule has 0 aromatic rings. The van der Waals surface area contributed by atoms with Crippen molar-refractivity contribution in [1.82, 2.24) is 5.32 Å². The summed E-state index contributed by atoms with van der Waals surface area (Å²) in [5.41, 5.74) is 5.12. The number of hydrogen-bond donors (Lipinski definition) is 2. The maximum Gasteiger partial charge on any atom is 0.234 e. The van der Waals surface area contributed by atoms with E-state index in [2.05, 4.69) is 19.2 Å². The third kappa shape index (κ3) is 1.29. The number of rotatable bonds is 1. The lowest BCUT2D eigenvalue weighted by atomic mass is 10.0. The number of nitrogens with one attached hydrogen (secondary N) is 1. The summed E-state index contributed by atoms with van der Waals surface area (Å²) >= 11 is 0. The summed E-state index contributed by atoms with van der Waals surface area (Å²) in [5, 5.41) is 3.13. The van der Waals surface area contributed by atoms with Crippen LogP contribution >= 0.6 is 0 Å². The standard InChI is InChI=1S/C7H14N2O/c1-4-3-6(7(8)10)9-5(4)2/h4-6,9H,3H2,1-2H3,(H2,8,10)/t4-,5-,6-/m1/s1. The van der Waals surface area contributed by atoms with Gasteiger partial charge in [0.05, 0.1) is 6.04 Å². The first-order valence-electron chi connectivity index (χ1n) is 3.66. The molecule has 0 saturated carbocycles. The topological polar surface area (TPSA) is 55.1 Å². The molecule has 1 heterocycles. The fraction of sp³-hybridized carbons (Fsp3) is 0.857. The first-order chi connectivity index (χ1) is 4.61. The summed E-state index contributed by atoms with van der Waals surface area (Å²) < 4.78 is 0. The Morgan fingerprint density at radius 2 is 2.20 bits per heavy atom. The molecule has 1 fully saturated rings. The summed E-state index contributed by atoms with van der Waals surface area (Å²) in [6.07, 6.45) is 0.885. The van der Waals surface area contributed by atoms with Gasteiger partial charge in [0.25, 0.3) is 0 Å². The zero-order valence-electron chi connectivity index (χ0n) is 6.42. The first-order valence-corrected chi connectivity index (χ1v) is 3.66. The van der Waals surface area contributed by atoms with E-state index in [1.807, 2.05) is 0 Å². The fourth-order valence-corrected chi connectivity index (χ4v) is 1.32. The summed E-state index contributed by atoms with van der Waals surface area (Å²) in [4.78, 5) is 10.7. The highest BCUT2D eigenvalue weighted by Gasteiger charge is 2.30. The SMILES string of the molecule is C[C@@H]1C[C@H](C(N)=O)N[C@@H]1C. The van der Waals surface area contributed by atoms with Crippen LogP contribution in [0, 0.1) is 5.92 Å². The van der Waals surface area contributed by atoms with E-state index in [4.69, 9.17) is 5.73 Å². The van der Waals surface area contributed by atoms with Gasteiger partial charge in [-0.05, 0) is 19.3 Å². The molecule has 0 aliphatic carbocycles. The normalized spacial score (nSPS) is 40.0. The Hall–Kier alpha value is -0.570. The molecule has 0 spiro atoms. The molecule has 10 heavy (non-hydrogen) atoms. The molecule has 0 radical (unpaired) electrons. The second-order valence-electron chi connectivity index (χ2n) is 3.12. The van der Waals surface area contributed by atoms with Gasteiger partial charge in [0.2, 0.25) is 5.91 Å². The van der Waals surface area contributed by atoms with Crippen LogP contribution in [0.1, 0.15) is 20.3 Å². The molecule has 1 amide bonds. The lowest BCUT2D eigenvalue weighted by molar-refractivity contribution is -0.119. The van der Waals surface area contributed by atoms with Crippen LogP contribution in [0.15, 0.2) is 0 Å². The molecule has 0 unspecified atom stereocenters. The maximum absolute atomic E-state index is 10.7. The van der Waals surface area contributed by atoms with Gasteiger partial charge in [0.15, 0.2) is 0 Å². The molecule has 0 bridgehead atoms. The van der Waals surface area contributed by atoms with Crippen molar-refractivity contribution < 1.29 is 4.79 Å². The predicted octanol–water partition coefficient (Wildman–Crippen LogP) is -0.142. The van der Waals surface area contributed by atoms with Crippen LogP contribution < -0.4 is 11.1 Å². The molecule has 0 aromatic carbocycles. The van der Waals surface area contributed by atoms with Gasteiger partial charge in [-0.3, -0.25) is 4.79 Å². The highest BCUT2D eigenvalue weighted by Crippen LogP contribution is 2.18. The Bertz CT molecular complexity index is 137. The van der Waals surface area contributed by atoms with E-state index >= 15 is 0 Å². The molecule has 3 heteroatoms. The molecule has 1 aliphatic heterocycles. The van der Waals surface area contributed by atoms with Crippen LogP contribution in [-0.2, 0) is 4.79 Å². The molecule has 1 saturated heterocycles. The van der Waals surface area contributed by atoms with Crippen LogP contribution in [0.4, 0.5) is 0 Å². The second kappa shape index (κ2) is 2.58. The molecular weight excluding hydrogens is 128 g/mol. The van der Waals surface area contributed by atoms with Crippen LogP contribution in [0.25, 0.3) is 0 Å². The number of carbonyl (C=O) groups excluding carboxylic acids is 1. The average molecular weight is 142 g/mol. The summed E-state index contributed by atoms with van der Waals surface area (Å²) in [6.45, 7) is 4.20. The van der Waals surface area contributed by atoms with Crippen LogP contribution in [-0.4, -0.2) is 18.0 Å². The molecule has 0 aromatic heterocycles. The Balaban J connectivity index is 2.49. The smallest absolute Gasteiger partial charge is 0.234 e. The lowest BCUT2D eigenvalue weighted by Gasteiger charge is -2.07. The van der Waals surface area contributed by atoms with Crippen molar-refractivity contribution in [2.75, 3.05) is 0 Å². The third-order valence-electron chi connectivity index (χ3n) is 2.27. The average Bonchev–Trinajstić information content (AvgIpc) is 2.13. The number of amides is 1. The Morgan fingerprint density at radius 1 is 1.60 bits per heavy atom. The van der Waals surface area contributed by atoms with E-state index in [9.17, 15) is 4.79 Å². The van der Waals surface area contributed by atoms with E-state index in [-0.39, 0.29) is 11.9 Å². The predicted molar refractivity (Wildman–Crippen MR) is 39.4 cm³/mol. The van der Waals surface area contributed by atoms with Gasteiger partial charge in [-0.2, -0.15) is 0 Å². The van der Waals surface area contributed by atoms with Crippen molar-refractivity contribution in [3.05, 3.63) is 0 Å². The highest BCUT2D eigenvalue weighted by molar-refractivity contribution is 5.80. The highest BCUT2D eigenvalue weighted by atomic mass is 16.1. The fourth-order valence-electron chi connectivity index (χ4n) is 1.32. The van der Waals surface area contributed by atoms with Crippen molar-refractivity contribution >= 4 is 5.91 Å². The number of carbonyl (C=O) groups is 1. The van der Waals surface area contributed by atoms with Crippen LogP contribution in [0.5, 0.6) is 0 Å². The van der Waals surface area contributed by atoms with E-state index in [0.717, 1.165) is 6.42 Å². The minimum Gasteiger partial charge on any atom is -0.368 e. The monoisotopic (exact) mass is 142 g/mol. The van der Waals surface area contributed by atoms with Gasteiger partial charge < -0.3 is 11.1 Å². The Labute approximate surface area is 61.0 Å². The number of nitrogens with two attached hydrogens (primary N) is 1. The van der Waals surface area contributed by atoms with E-state index in [0.29, 0.717) is 12.0 Å². The second-order valence-corrected chi connectivity index (χ2v) is 3.12. The molecular formula is C7H14N2O. The first kappa shape index (κ1) is 7.54. The van der Waals surface area contributed by atoms with Crippen LogP contribution in [0.3, 0.4) is 0 Å². The van der Waals surface area contributed by atoms with Gasteiger partial charge >= 0.3 is 0 Å². The maximum atomic E-state index is 10.7. The number of primary amides is 1. The molecule has 58 valence electrons. The van der Waals surface area contributed by atoms with E-state index < -0.39 is 0 Å². The summed E-state index contributed by atoms with van der Waals surface area (Å²) in [7, 11) is 0. The van der Waals surface area contributed by atoms with Crippen LogP contribution in [0.2, 0.25) is 0 Å². The minimum absolute atomic E-state index is 0.0926. The van der Waals surface area contributed by atoms with Gasteiger partial charge in [-0.15, -0.1) is 0 Å². The Morgan fingerprint density at radius 3 is 2.40 bits per heavy atom. The van der Waals surface area contributed by atoms with Crippen molar-refractivity contribution in [3.63, 3.8) is 0 Å². The zero-order valence-corrected chi connectivity index (χ0v) is 6.42.